The molecule has 3 atom stereocenters. The highest BCUT2D eigenvalue weighted by Crippen LogP contribution is 2.33. The lowest BCUT2D eigenvalue weighted by Gasteiger charge is -2.39. The van der Waals surface area contributed by atoms with Crippen LogP contribution in [0.15, 0.2) is 18.2 Å². The molecule has 1 fully saturated rings. The molecule has 16 heavy (non-hydrogen) atoms. The van der Waals surface area contributed by atoms with E-state index in [4.69, 9.17) is 32.7 Å². The summed E-state index contributed by atoms with van der Waals surface area (Å²) in [6, 6.07) is 4.26. The van der Waals surface area contributed by atoms with E-state index in [9.17, 15) is 4.39 Å². The van der Waals surface area contributed by atoms with Gasteiger partial charge in [-0.25, -0.2) is 4.39 Å². The SMILES string of the molecule is COC1C(Cl)CC1Oc1ccc(F)c(Cl)c1. The lowest BCUT2D eigenvalue weighted by atomic mass is 9.91. The highest BCUT2D eigenvalue weighted by Gasteiger charge is 2.42. The zero-order valence-corrected chi connectivity index (χ0v) is 10.1. The van der Waals surface area contributed by atoms with Crippen molar-refractivity contribution < 1.29 is 13.9 Å². The van der Waals surface area contributed by atoms with E-state index in [-0.39, 0.29) is 22.6 Å². The molecule has 1 aromatic carbocycles. The summed E-state index contributed by atoms with van der Waals surface area (Å²) in [6.07, 6.45) is 0.509. The quantitative estimate of drug-likeness (QED) is 0.781. The van der Waals surface area contributed by atoms with Crippen molar-refractivity contribution in [2.75, 3.05) is 7.11 Å². The maximum Gasteiger partial charge on any atom is 0.142 e. The van der Waals surface area contributed by atoms with Gasteiger partial charge >= 0.3 is 0 Å². The molecule has 88 valence electrons. The van der Waals surface area contributed by atoms with E-state index in [0.717, 1.165) is 6.42 Å². The Labute approximate surface area is 103 Å². The number of rotatable bonds is 3. The van der Waals surface area contributed by atoms with Gasteiger partial charge < -0.3 is 9.47 Å². The van der Waals surface area contributed by atoms with Crippen LogP contribution in [0.3, 0.4) is 0 Å². The van der Waals surface area contributed by atoms with Gasteiger partial charge in [0, 0.05) is 19.6 Å². The summed E-state index contributed by atoms with van der Waals surface area (Å²) in [5.74, 6) is 0.0724. The summed E-state index contributed by atoms with van der Waals surface area (Å²) in [6.45, 7) is 0. The largest absolute Gasteiger partial charge is 0.488 e. The van der Waals surface area contributed by atoms with Crippen molar-refractivity contribution >= 4 is 23.2 Å². The minimum atomic E-state index is -0.457. The summed E-state index contributed by atoms with van der Waals surface area (Å²) in [5, 5.41) is 0.0270. The predicted molar refractivity (Wildman–Crippen MR) is 60.9 cm³/mol. The average molecular weight is 265 g/mol. The van der Waals surface area contributed by atoms with E-state index in [1.54, 1.807) is 7.11 Å². The minimum absolute atomic E-state index is 0.0223. The summed E-state index contributed by atoms with van der Waals surface area (Å²) < 4.78 is 23.7. The Kier molecular flexibility index (Phi) is 3.57. The number of hydrogen-bond acceptors (Lipinski definition) is 2. The molecule has 0 spiro atoms. The third-order valence-electron chi connectivity index (χ3n) is 2.63. The fraction of sp³-hybridized carbons (Fsp3) is 0.455. The second kappa shape index (κ2) is 4.78. The third kappa shape index (κ3) is 2.26. The van der Waals surface area contributed by atoms with E-state index in [1.165, 1.54) is 18.2 Å². The van der Waals surface area contributed by atoms with Gasteiger partial charge in [0.05, 0.1) is 10.4 Å². The Morgan fingerprint density at radius 3 is 2.75 bits per heavy atom. The molecule has 2 rings (SSSR count). The Bertz CT molecular complexity index is 386. The highest BCUT2D eigenvalue weighted by atomic mass is 35.5. The van der Waals surface area contributed by atoms with E-state index in [2.05, 4.69) is 0 Å². The molecule has 5 heteroatoms. The van der Waals surface area contributed by atoms with Gasteiger partial charge in [-0.1, -0.05) is 11.6 Å². The van der Waals surface area contributed by atoms with Crippen LogP contribution in [0.2, 0.25) is 5.02 Å². The highest BCUT2D eigenvalue weighted by molar-refractivity contribution is 6.30. The van der Waals surface area contributed by atoms with Crippen molar-refractivity contribution in [3.05, 3.63) is 29.0 Å². The van der Waals surface area contributed by atoms with Crippen molar-refractivity contribution in [3.8, 4) is 5.75 Å². The topological polar surface area (TPSA) is 18.5 Å². The van der Waals surface area contributed by atoms with E-state index in [1.807, 2.05) is 0 Å². The van der Waals surface area contributed by atoms with Gasteiger partial charge in [0.2, 0.25) is 0 Å². The Morgan fingerprint density at radius 2 is 2.19 bits per heavy atom. The first kappa shape index (κ1) is 12.0. The average Bonchev–Trinajstić information content (AvgIpc) is 2.23. The maximum absolute atomic E-state index is 12.9. The molecule has 2 nitrogen and oxygen atoms in total. The number of hydrogen-bond donors (Lipinski definition) is 0. The second-order valence-electron chi connectivity index (χ2n) is 3.68. The molecule has 1 aromatic rings. The molecular weight excluding hydrogens is 254 g/mol. The Balaban J connectivity index is 2.02. The fourth-order valence-electron chi connectivity index (χ4n) is 1.67. The molecular formula is C11H11Cl2FO2. The van der Waals surface area contributed by atoms with Crippen molar-refractivity contribution in [1.29, 1.82) is 0 Å². The zero-order chi connectivity index (χ0) is 11.7. The molecule has 0 heterocycles. The first-order chi connectivity index (χ1) is 7.61. The Hall–Kier alpha value is -0.510. The standard InChI is InChI=1S/C11H11Cl2FO2/c1-15-11-8(13)5-10(11)16-6-2-3-9(14)7(12)4-6/h2-4,8,10-11H,5H2,1H3. The fourth-order valence-corrected chi connectivity index (χ4v) is 2.28. The minimum Gasteiger partial charge on any atom is -0.488 e. The number of ether oxygens (including phenoxy) is 2. The zero-order valence-electron chi connectivity index (χ0n) is 8.62. The normalized spacial score (nSPS) is 28.6. The van der Waals surface area contributed by atoms with Crippen molar-refractivity contribution in [2.24, 2.45) is 0 Å². The molecule has 3 unspecified atom stereocenters. The summed E-state index contributed by atoms with van der Waals surface area (Å²) in [7, 11) is 1.59. The van der Waals surface area contributed by atoms with E-state index in [0.29, 0.717) is 5.75 Å². The van der Waals surface area contributed by atoms with Crippen molar-refractivity contribution in [3.63, 3.8) is 0 Å². The van der Waals surface area contributed by atoms with Crippen LogP contribution in [0.1, 0.15) is 6.42 Å². The first-order valence-electron chi connectivity index (χ1n) is 4.90. The third-order valence-corrected chi connectivity index (χ3v) is 3.35. The van der Waals surface area contributed by atoms with Gasteiger partial charge in [-0.15, -0.1) is 11.6 Å². The second-order valence-corrected chi connectivity index (χ2v) is 4.65. The van der Waals surface area contributed by atoms with E-state index < -0.39 is 5.82 Å². The van der Waals surface area contributed by atoms with Crippen molar-refractivity contribution in [2.45, 2.75) is 24.0 Å². The number of alkyl halides is 1. The molecule has 0 saturated heterocycles. The summed E-state index contributed by atoms with van der Waals surface area (Å²) in [5.41, 5.74) is 0. The molecule has 1 aliphatic rings. The predicted octanol–water partition coefficient (Wildman–Crippen LogP) is 3.25. The monoisotopic (exact) mass is 264 g/mol. The number of methoxy groups -OCH3 is 1. The lowest BCUT2D eigenvalue weighted by molar-refractivity contribution is -0.0583. The van der Waals surface area contributed by atoms with Gasteiger partial charge in [-0.05, 0) is 12.1 Å². The van der Waals surface area contributed by atoms with Crippen LogP contribution in [-0.2, 0) is 4.74 Å². The van der Waals surface area contributed by atoms with Crippen LogP contribution < -0.4 is 4.74 Å². The Morgan fingerprint density at radius 1 is 1.44 bits per heavy atom. The molecule has 0 bridgehead atoms. The molecule has 0 amide bonds. The van der Waals surface area contributed by atoms with Gasteiger partial charge in [0.25, 0.3) is 0 Å². The van der Waals surface area contributed by atoms with Gasteiger partial charge in [0.15, 0.2) is 0 Å². The smallest absolute Gasteiger partial charge is 0.142 e. The molecule has 1 saturated carbocycles. The van der Waals surface area contributed by atoms with Crippen LogP contribution >= 0.6 is 23.2 Å². The van der Waals surface area contributed by atoms with Crippen LogP contribution in [0, 0.1) is 5.82 Å². The molecule has 0 radical (unpaired) electrons. The molecule has 1 aliphatic carbocycles. The van der Waals surface area contributed by atoms with Gasteiger partial charge in [-0.3, -0.25) is 0 Å². The first-order valence-corrected chi connectivity index (χ1v) is 5.72. The van der Waals surface area contributed by atoms with Crippen LogP contribution in [0.5, 0.6) is 5.75 Å². The van der Waals surface area contributed by atoms with Gasteiger partial charge in [-0.2, -0.15) is 0 Å². The van der Waals surface area contributed by atoms with E-state index >= 15 is 0 Å². The van der Waals surface area contributed by atoms with Crippen LogP contribution in [-0.4, -0.2) is 24.7 Å². The molecule has 0 aromatic heterocycles. The molecule has 0 N–H and O–H groups in total. The molecule has 0 aliphatic heterocycles. The van der Waals surface area contributed by atoms with Gasteiger partial charge in [0.1, 0.15) is 23.8 Å². The maximum atomic E-state index is 12.9. The van der Waals surface area contributed by atoms with Crippen molar-refractivity contribution in [1.82, 2.24) is 0 Å². The van der Waals surface area contributed by atoms with Crippen LogP contribution in [0.25, 0.3) is 0 Å². The number of benzene rings is 1. The summed E-state index contributed by atoms with van der Waals surface area (Å²) in [4.78, 5) is 0. The summed E-state index contributed by atoms with van der Waals surface area (Å²) >= 11 is 11.6. The number of halogens is 3. The lowest BCUT2D eigenvalue weighted by Crippen LogP contribution is -2.52. The van der Waals surface area contributed by atoms with Crippen LogP contribution in [0.4, 0.5) is 4.39 Å².